The molecule has 0 radical (unpaired) electrons. The van der Waals surface area contributed by atoms with Gasteiger partial charge in [0.2, 0.25) is 0 Å². The molecule has 0 spiro atoms. The molecule has 1 N–H and O–H groups in total. The van der Waals surface area contributed by atoms with E-state index >= 15 is 0 Å². The minimum atomic E-state index is -0.875. The second-order valence-electron chi connectivity index (χ2n) is 4.94. The lowest BCUT2D eigenvalue weighted by Crippen LogP contribution is -2.32. The molecule has 6 nitrogen and oxygen atoms in total. The van der Waals surface area contributed by atoms with Crippen molar-refractivity contribution >= 4 is 41.1 Å². The van der Waals surface area contributed by atoms with E-state index in [0.29, 0.717) is 23.0 Å². The van der Waals surface area contributed by atoms with Gasteiger partial charge in [-0.15, -0.1) is 11.8 Å². The first-order valence-electron chi connectivity index (χ1n) is 7.30. The second-order valence-corrected chi connectivity index (χ2v) is 6.43. The molecule has 1 amide bonds. The Kier molecular flexibility index (Phi) is 6.69. The fourth-order valence-electron chi connectivity index (χ4n) is 1.82. The number of ether oxygens (including phenoxy) is 1. The molecule has 0 aliphatic carbocycles. The van der Waals surface area contributed by atoms with E-state index in [0.717, 1.165) is 4.90 Å². The summed E-state index contributed by atoms with van der Waals surface area (Å²) >= 11 is 7.12. The van der Waals surface area contributed by atoms with E-state index in [4.69, 9.17) is 20.9 Å². The molecule has 0 aliphatic heterocycles. The highest BCUT2D eigenvalue weighted by atomic mass is 35.5. The number of esters is 1. The van der Waals surface area contributed by atoms with Crippen molar-refractivity contribution in [3.05, 3.63) is 41.1 Å². The Morgan fingerprint density at radius 1 is 1.38 bits per heavy atom. The molecule has 2 rings (SSSR count). The topological polar surface area (TPSA) is 81.4 Å². The number of nitrogens with one attached hydrogen (secondary N) is 1. The van der Waals surface area contributed by atoms with Gasteiger partial charge < -0.3 is 14.6 Å². The fourth-order valence-corrected chi connectivity index (χ4v) is 2.63. The van der Waals surface area contributed by atoms with Crippen LogP contribution in [0.1, 0.15) is 19.1 Å². The minimum absolute atomic E-state index is 0.106. The van der Waals surface area contributed by atoms with Crippen LogP contribution < -0.4 is 5.32 Å². The Morgan fingerprint density at radius 3 is 2.67 bits per heavy atom. The molecule has 0 saturated heterocycles. The number of nitrogens with zero attached hydrogens (tertiary/aromatic N) is 1. The Labute approximate surface area is 148 Å². The molecule has 1 unspecified atom stereocenters. The third kappa shape index (κ3) is 5.58. The van der Waals surface area contributed by atoms with Gasteiger partial charge in [-0.2, -0.15) is 0 Å². The van der Waals surface area contributed by atoms with E-state index in [1.807, 2.05) is 12.1 Å². The molecule has 0 bridgehead atoms. The lowest BCUT2D eigenvalue weighted by atomic mass is 10.2. The lowest BCUT2D eigenvalue weighted by molar-refractivity contribution is -0.151. The quantitative estimate of drug-likeness (QED) is 0.593. The number of benzene rings is 1. The summed E-state index contributed by atoms with van der Waals surface area (Å²) in [6.07, 6.45) is -0.514. The second kappa shape index (κ2) is 8.75. The zero-order valence-corrected chi connectivity index (χ0v) is 14.8. The number of aromatic nitrogens is 1. The number of amides is 1. The van der Waals surface area contributed by atoms with Crippen LogP contribution in [0, 0.1) is 6.92 Å². The third-order valence-electron chi connectivity index (χ3n) is 2.99. The average molecular weight is 369 g/mol. The summed E-state index contributed by atoms with van der Waals surface area (Å²) < 4.78 is 10.1. The van der Waals surface area contributed by atoms with Crippen molar-refractivity contribution < 1.29 is 18.8 Å². The maximum Gasteiger partial charge on any atom is 0.317 e. The lowest BCUT2D eigenvalue weighted by Gasteiger charge is -2.14. The van der Waals surface area contributed by atoms with Crippen molar-refractivity contribution in [1.29, 1.82) is 0 Å². The van der Waals surface area contributed by atoms with E-state index in [1.54, 1.807) is 32.0 Å². The van der Waals surface area contributed by atoms with Crippen LogP contribution >= 0.6 is 23.4 Å². The predicted octanol–water partition coefficient (Wildman–Crippen LogP) is 3.69. The SMILES string of the molecule is CCC(OC(=O)CSc1ccc(Cl)cc1)C(=O)Nc1cc(C)on1. The molecule has 24 heavy (non-hydrogen) atoms. The highest BCUT2D eigenvalue weighted by molar-refractivity contribution is 8.00. The van der Waals surface area contributed by atoms with E-state index in [2.05, 4.69) is 10.5 Å². The minimum Gasteiger partial charge on any atom is -0.452 e. The van der Waals surface area contributed by atoms with Crippen LogP contribution in [0.2, 0.25) is 5.02 Å². The van der Waals surface area contributed by atoms with Crippen molar-refractivity contribution in [1.82, 2.24) is 5.16 Å². The van der Waals surface area contributed by atoms with Crippen molar-refractivity contribution in [2.24, 2.45) is 0 Å². The van der Waals surface area contributed by atoms with Crippen LogP contribution in [-0.4, -0.2) is 28.9 Å². The predicted molar refractivity (Wildman–Crippen MR) is 92.2 cm³/mol. The van der Waals surface area contributed by atoms with Gasteiger partial charge in [-0.05, 0) is 37.6 Å². The largest absolute Gasteiger partial charge is 0.452 e. The Morgan fingerprint density at radius 2 is 2.08 bits per heavy atom. The molecule has 8 heteroatoms. The molecular formula is C16H17ClN2O4S. The molecule has 128 valence electrons. The number of hydrogen-bond acceptors (Lipinski definition) is 6. The Hall–Kier alpha value is -1.99. The average Bonchev–Trinajstić information content (AvgIpc) is 2.96. The Balaban J connectivity index is 1.83. The summed E-state index contributed by atoms with van der Waals surface area (Å²) in [5.41, 5.74) is 0. The van der Waals surface area contributed by atoms with Gasteiger partial charge in [-0.25, -0.2) is 0 Å². The number of thioether (sulfide) groups is 1. The number of halogens is 1. The van der Waals surface area contributed by atoms with Crippen molar-refractivity contribution in [3.63, 3.8) is 0 Å². The normalized spacial score (nSPS) is 11.8. The van der Waals surface area contributed by atoms with Crippen LogP contribution in [0.3, 0.4) is 0 Å². The number of carbonyl (C=O) groups is 2. The zero-order chi connectivity index (χ0) is 17.5. The highest BCUT2D eigenvalue weighted by Gasteiger charge is 2.22. The number of carbonyl (C=O) groups excluding carboxylic acids is 2. The van der Waals surface area contributed by atoms with Gasteiger partial charge in [0.1, 0.15) is 5.76 Å². The molecule has 0 saturated carbocycles. The number of rotatable bonds is 7. The maximum absolute atomic E-state index is 12.1. The monoisotopic (exact) mass is 368 g/mol. The van der Waals surface area contributed by atoms with Crippen molar-refractivity contribution in [2.75, 3.05) is 11.1 Å². The molecule has 1 aromatic heterocycles. The highest BCUT2D eigenvalue weighted by Crippen LogP contribution is 2.20. The van der Waals surface area contributed by atoms with Gasteiger partial charge in [0.15, 0.2) is 11.9 Å². The Bertz CT molecular complexity index is 702. The van der Waals surface area contributed by atoms with Crippen LogP contribution in [0.5, 0.6) is 0 Å². The maximum atomic E-state index is 12.1. The van der Waals surface area contributed by atoms with Crippen LogP contribution in [0.25, 0.3) is 0 Å². The fraction of sp³-hybridized carbons (Fsp3) is 0.312. The smallest absolute Gasteiger partial charge is 0.317 e. The van der Waals surface area contributed by atoms with Crippen LogP contribution in [-0.2, 0) is 14.3 Å². The first-order valence-corrected chi connectivity index (χ1v) is 8.66. The summed E-state index contributed by atoms with van der Waals surface area (Å²) in [6.45, 7) is 3.48. The van der Waals surface area contributed by atoms with Crippen LogP contribution in [0.4, 0.5) is 5.82 Å². The van der Waals surface area contributed by atoms with Crippen LogP contribution in [0.15, 0.2) is 39.8 Å². The number of aryl methyl sites for hydroxylation is 1. The first kappa shape index (κ1) is 18.4. The molecule has 1 heterocycles. The van der Waals surface area contributed by atoms with E-state index < -0.39 is 18.0 Å². The molecule has 0 aliphatic rings. The summed E-state index contributed by atoms with van der Waals surface area (Å²) in [5.74, 6) is 0.0789. The van der Waals surface area contributed by atoms with Crippen molar-refractivity contribution in [3.8, 4) is 0 Å². The van der Waals surface area contributed by atoms with Gasteiger partial charge in [-0.1, -0.05) is 23.7 Å². The first-order chi connectivity index (χ1) is 11.5. The number of hydrogen-bond donors (Lipinski definition) is 1. The number of anilines is 1. The summed E-state index contributed by atoms with van der Waals surface area (Å²) in [4.78, 5) is 24.9. The standard InChI is InChI=1S/C16H17ClN2O4S/c1-3-13(16(21)18-14-8-10(2)23-19-14)22-15(20)9-24-12-6-4-11(17)5-7-12/h4-8,13H,3,9H2,1-2H3,(H,18,19,21). The van der Waals surface area contributed by atoms with Gasteiger partial charge in [0, 0.05) is 16.0 Å². The molecule has 0 fully saturated rings. The van der Waals surface area contributed by atoms with E-state index in [9.17, 15) is 9.59 Å². The molecular weight excluding hydrogens is 352 g/mol. The summed E-state index contributed by atoms with van der Waals surface area (Å²) in [5, 5.41) is 6.86. The van der Waals surface area contributed by atoms with Gasteiger partial charge >= 0.3 is 5.97 Å². The summed E-state index contributed by atoms with van der Waals surface area (Å²) in [7, 11) is 0. The van der Waals surface area contributed by atoms with Crippen molar-refractivity contribution in [2.45, 2.75) is 31.3 Å². The van der Waals surface area contributed by atoms with Gasteiger partial charge in [0.25, 0.3) is 5.91 Å². The summed E-state index contributed by atoms with van der Waals surface area (Å²) in [6, 6.07) is 8.71. The van der Waals surface area contributed by atoms with Gasteiger partial charge in [0.05, 0.1) is 5.75 Å². The molecule has 1 atom stereocenters. The third-order valence-corrected chi connectivity index (χ3v) is 4.22. The van der Waals surface area contributed by atoms with E-state index in [1.165, 1.54) is 11.8 Å². The van der Waals surface area contributed by atoms with E-state index in [-0.39, 0.29) is 5.75 Å². The van der Waals surface area contributed by atoms with Gasteiger partial charge in [-0.3, -0.25) is 9.59 Å². The zero-order valence-electron chi connectivity index (χ0n) is 13.2. The molecule has 2 aromatic rings. The molecule has 1 aromatic carbocycles.